The van der Waals surface area contributed by atoms with Crippen molar-refractivity contribution >= 4 is 39.1 Å². The van der Waals surface area contributed by atoms with E-state index in [1.807, 2.05) is 19.9 Å². The van der Waals surface area contributed by atoms with Gasteiger partial charge in [-0.25, -0.2) is 8.42 Å². The Bertz CT molecular complexity index is 1430. The lowest BCUT2D eigenvalue weighted by Crippen LogP contribution is -2.52. The quantitative estimate of drug-likeness (QED) is 0.244. The van der Waals surface area contributed by atoms with Crippen molar-refractivity contribution in [1.29, 1.82) is 0 Å². The predicted octanol–water partition coefficient (Wildman–Crippen LogP) is 5.58. The van der Waals surface area contributed by atoms with Crippen molar-refractivity contribution in [3.05, 3.63) is 88.9 Å². The molecule has 0 aromatic heterocycles. The van der Waals surface area contributed by atoms with Gasteiger partial charge in [0, 0.05) is 18.1 Å². The lowest BCUT2D eigenvalue weighted by Gasteiger charge is -2.33. The van der Waals surface area contributed by atoms with Gasteiger partial charge in [0.2, 0.25) is 11.8 Å². The third-order valence-corrected chi connectivity index (χ3v) is 8.76. The number of unbranched alkanes of at least 4 members (excludes halogenated alkanes) is 1. The van der Waals surface area contributed by atoms with E-state index in [-0.39, 0.29) is 23.0 Å². The summed E-state index contributed by atoms with van der Waals surface area (Å²) >= 11 is 6.29. The van der Waals surface area contributed by atoms with Crippen LogP contribution in [0.4, 0.5) is 5.69 Å². The summed E-state index contributed by atoms with van der Waals surface area (Å²) in [6.45, 7) is 5.67. The second kappa shape index (κ2) is 14.9. The molecule has 0 saturated carbocycles. The number of hydrogen-bond donors (Lipinski definition) is 1. The molecule has 0 aliphatic carbocycles. The number of aryl methyl sites for hydroxylation is 1. The van der Waals surface area contributed by atoms with E-state index in [1.54, 1.807) is 62.6 Å². The second-order valence-corrected chi connectivity index (χ2v) is 12.0. The third kappa shape index (κ3) is 8.24. The maximum absolute atomic E-state index is 14.2. The minimum absolute atomic E-state index is 0.0378. The summed E-state index contributed by atoms with van der Waals surface area (Å²) in [4.78, 5) is 29.0. The van der Waals surface area contributed by atoms with Gasteiger partial charge < -0.3 is 15.0 Å². The first-order chi connectivity index (χ1) is 19.6. The Hall–Kier alpha value is -3.56. The van der Waals surface area contributed by atoms with Crippen LogP contribution in [0.15, 0.2) is 77.7 Å². The number of amides is 2. The zero-order chi connectivity index (χ0) is 30.0. The molecule has 0 radical (unpaired) electrons. The van der Waals surface area contributed by atoms with E-state index in [1.165, 1.54) is 23.1 Å². The lowest BCUT2D eigenvalue weighted by molar-refractivity contribution is -0.140. The molecule has 3 aromatic rings. The molecule has 2 amide bonds. The monoisotopic (exact) mass is 599 g/mol. The molecule has 41 heavy (non-hydrogen) atoms. The number of benzene rings is 3. The molecular weight excluding hydrogens is 562 g/mol. The van der Waals surface area contributed by atoms with Crippen molar-refractivity contribution in [2.75, 3.05) is 24.5 Å². The minimum atomic E-state index is -4.17. The van der Waals surface area contributed by atoms with Gasteiger partial charge in [-0.2, -0.15) is 0 Å². The maximum Gasteiger partial charge on any atom is 0.264 e. The molecule has 1 N–H and O–H groups in total. The highest BCUT2D eigenvalue weighted by Gasteiger charge is 2.34. The molecule has 0 aliphatic heterocycles. The molecule has 0 saturated heterocycles. The number of sulfonamides is 1. The molecule has 0 bridgehead atoms. The highest BCUT2D eigenvalue weighted by Crippen LogP contribution is 2.30. The number of nitrogens with one attached hydrogen (secondary N) is 1. The van der Waals surface area contributed by atoms with Gasteiger partial charge in [0.1, 0.15) is 18.3 Å². The first-order valence-electron chi connectivity index (χ1n) is 13.7. The fourth-order valence-corrected chi connectivity index (χ4v) is 6.14. The highest BCUT2D eigenvalue weighted by molar-refractivity contribution is 7.92. The zero-order valence-corrected chi connectivity index (χ0v) is 25.5. The van der Waals surface area contributed by atoms with Crippen molar-refractivity contribution < 1.29 is 22.7 Å². The first-order valence-corrected chi connectivity index (χ1v) is 15.5. The number of halogens is 1. The van der Waals surface area contributed by atoms with Crippen LogP contribution in [-0.2, 0) is 26.2 Å². The third-order valence-electron chi connectivity index (χ3n) is 6.75. The number of ether oxygens (including phenoxy) is 1. The van der Waals surface area contributed by atoms with Crippen molar-refractivity contribution in [2.24, 2.45) is 0 Å². The summed E-state index contributed by atoms with van der Waals surface area (Å²) in [5.41, 5.74) is 1.66. The highest BCUT2D eigenvalue weighted by atomic mass is 35.5. The van der Waals surface area contributed by atoms with Gasteiger partial charge in [0.25, 0.3) is 10.0 Å². The van der Waals surface area contributed by atoms with Crippen LogP contribution in [0.5, 0.6) is 5.75 Å². The first kappa shape index (κ1) is 32.0. The largest absolute Gasteiger partial charge is 0.497 e. The van der Waals surface area contributed by atoms with Crippen LogP contribution < -0.4 is 14.4 Å². The van der Waals surface area contributed by atoms with E-state index in [0.717, 1.165) is 22.7 Å². The van der Waals surface area contributed by atoms with Crippen LogP contribution in [0.2, 0.25) is 5.02 Å². The summed E-state index contributed by atoms with van der Waals surface area (Å²) in [5, 5.41) is 3.26. The molecule has 0 aliphatic rings. The summed E-state index contributed by atoms with van der Waals surface area (Å²) in [6, 6.07) is 19.3. The Labute approximate surface area is 248 Å². The Morgan fingerprint density at radius 3 is 2.39 bits per heavy atom. The van der Waals surface area contributed by atoms with Crippen LogP contribution >= 0.6 is 11.6 Å². The van der Waals surface area contributed by atoms with Crippen LogP contribution in [0.1, 0.15) is 44.2 Å². The molecule has 10 heteroatoms. The summed E-state index contributed by atoms with van der Waals surface area (Å²) in [7, 11) is -2.62. The van der Waals surface area contributed by atoms with Crippen molar-refractivity contribution in [3.8, 4) is 5.75 Å². The molecule has 3 rings (SSSR count). The van der Waals surface area contributed by atoms with Crippen LogP contribution in [-0.4, -0.2) is 51.4 Å². The topological polar surface area (TPSA) is 96.0 Å². The Morgan fingerprint density at radius 2 is 1.73 bits per heavy atom. The number of carbonyl (C=O) groups excluding carboxylic acids is 2. The van der Waals surface area contributed by atoms with Crippen LogP contribution in [0, 0.1) is 6.92 Å². The van der Waals surface area contributed by atoms with Crippen molar-refractivity contribution in [2.45, 2.75) is 57.5 Å². The lowest BCUT2D eigenvalue weighted by atomic mass is 10.1. The maximum atomic E-state index is 14.2. The number of anilines is 1. The number of hydrogen-bond acceptors (Lipinski definition) is 5. The molecule has 0 fully saturated rings. The van der Waals surface area contributed by atoms with Crippen LogP contribution in [0.25, 0.3) is 0 Å². The predicted molar refractivity (Wildman–Crippen MR) is 163 cm³/mol. The molecule has 0 spiro atoms. The molecule has 8 nitrogen and oxygen atoms in total. The number of carbonyl (C=O) groups is 2. The van der Waals surface area contributed by atoms with Crippen LogP contribution in [0.3, 0.4) is 0 Å². The molecule has 0 heterocycles. The van der Waals surface area contributed by atoms with Gasteiger partial charge in [-0.05, 0) is 67.3 Å². The van der Waals surface area contributed by atoms with E-state index in [0.29, 0.717) is 29.3 Å². The Balaban J connectivity index is 2.07. The molecular formula is C31H38ClN3O5S. The van der Waals surface area contributed by atoms with E-state index in [4.69, 9.17) is 16.3 Å². The van der Waals surface area contributed by atoms with E-state index >= 15 is 0 Å². The molecule has 3 aromatic carbocycles. The average Bonchev–Trinajstić information content (AvgIpc) is 2.97. The van der Waals surface area contributed by atoms with Gasteiger partial charge in [0.05, 0.1) is 17.7 Å². The van der Waals surface area contributed by atoms with Crippen molar-refractivity contribution in [3.63, 3.8) is 0 Å². The number of nitrogens with zero attached hydrogens (tertiary/aromatic N) is 2. The van der Waals surface area contributed by atoms with Gasteiger partial charge in [-0.15, -0.1) is 0 Å². The smallest absolute Gasteiger partial charge is 0.264 e. The number of rotatable bonds is 14. The van der Waals surface area contributed by atoms with E-state index in [2.05, 4.69) is 5.32 Å². The SMILES string of the molecule is CCCCNC(=O)[C@H](CC)N(Cc1cccc(OC)c1)C(=O)CN(c1cc(Cl)ccc1C)S(=O)(=O)c1ccccc1. The second-order valence-electron chi connectivity index (χ2n) is 9.70. The zero-order valence-electron chi connectivity index (χ0n) is 24.0. The van der Waals surface area contributed by atoms with Gasteiger partial charge in [0.15, 0.2) is 0 Å². The van der Waals surface area contributed by atoms with Gasteiger partial charge in [-0.3, -0.25) is 13.9 Å². The van der Waals surface area contributed by atoms with E-state index < -0.39 is 28.5 Å². The summed E-state index contributed by atoms with van der Waals surface area (Å²) in [5.74, 6) is -0.198. The molecule has 220 valence electrons. The van der Waals surface area contributed by atoms with Gasteiger partial charge >= 0.3 is 0 Å². The normalized spacial score (nSPS) is 11.9. The number of methoxy groups -OCH3 is 1. The Morgan fingerprint density at radius 1 is 1.00 bits per heavy atom. The van der Waals surface area contributed by atoms with Gasteiger partial charge in [-0.1, -0.05) is 68.3 Å². The fraction of sp³-hybridized carbons (Fsp3) is 0.355. The molecule has 1 atom stereocenters. The minimum Gasteiger partial charge on any atom is -0.497 e. The molecule has 0 unspecified atom stereocenters. The summed E-state index contributed by atoms with van der Waals surface area (Å²) < 4.78 is 34.4. The average molecular weight is 600 g/mol. The van der Waals surface area contributed by atoms with Crippen molar-refractivity contribution in [1.82, 2.24) is 10.2 Å². The Kier molecular flexibility index (Phi) is 11.6. The van der Waals surface area contributed by atoms with E-state index in [9.17, 15) is 18.0 Å². The fourth-order valence-electron chi connectivity index (χ4n) is 4.48. The standard InChI is InChI=1S/C31H38ClN3O5S/c1-5-7-18-33-31(37)28(6-2)34(21-24-12-11-13-26(19-24)40-4)30(36)22-35(29-20-25(32)17-16-23(29)3)41(38,39)27-14-9-8-10-15-27/h8-17,19-20,28H,5-7,18,21-22H2,1-4H3,(H,33,37)/t28-/m0/s1. The summed E-state index contributed by atoms with van der Waals surface area (Å²) in [6.07, 6.45) is 2.06.